The smallest absolute Gasteiger partial charge is 0.193 e. The average molecular weight is 368 g/mol. The van der Waals surface area contributed by atoms with Crippen molar-refractivity contribution in [1.29, 1.82) is 0 Å². The standard InChI is InChI=1S/C18H29N3O3S/c1-3-24-16-10-13-21(14-11-16)18(19-2)20-12-7-15-25(22,23)17-8-5-4-6-9-17/h4-6,8-9,16H,3,7,10-15H2,1-2H3,(H,19,20). The van der Waals surface area contributed by atoms with E-state index in [2.05, 4.69) is 15.2 Å². The SMILES string of the molecule is CCOC1CCN(C(=NC)NCCCS(=O)(=O)c2ccccc2)CC1. The maximum atomic E-state index is 12.3. The molecular weight excluding hydrogens is 338 g/mol. The van der Waals surface area contributed by atoms with Crippen LogP contribution in [-0.2, 0) is 14.6 Å². The molecule has 0 unspecified atom stereocenters. The van der Waals surface area contributed by atoms with Gasteiger partial charge < -0.3 is 15.0 Å². The maximum Gasteiger partial charge on any atom is 0.193 e. The molecule has 1 aliphatic rings. The van der Waals surface area contributed by atoms with E-state index in [9.17, 15) is 8.42 Å². The number of hydrogen-bond donors (Lipinski definition) is 1. The summed E-state index contributed by atoms with van der Waals surface area (Å²) in [4.78, 5) is 6.91. The molecule has 1 aromatic carbocycles. The number of nitrogens with one attached hydrogen (secondary N) is 1. The third-order valence-electron chi connectivity index (χ3n) is 4.33. The maximum absolute atomic E-state index is 12.3. The summed E-state index contributed by atoms with van der Waals surface area (Å²) in [6.07, 6.45) is 2.88. The fourth-order valence-corrected chi connectivity index (χ4v) is 4.34. The van der Waals surface area contributed by atoms with E-state index in [-0.39, 0.29) is 5.75 Å². The van der Waals surface area contributed by atoms with Crippen LogP contribution >= 0.6 is 0 Å². The fraction of sp³-hybridized carbons (Fsp3) is 0.611. The predicted molar refractivity (Wildman–Crippen MR) is 101 cm³/mol. The van der Waals surface area contributed by atoms with Crippen molar-refractivity contribution in [3.05, 3.63) is 30.3 Å². The number of aliphatic imine (C=N–C) groups is 1. The molecule has 1 aliphatic heterocycles. The molecule has 1 saturated heterocycles. The molecule has 1 fully saturated rings. The van der Waals surface area contributed by atoms with Crippen molar-refractivity contribution in [3.8, 4) is 0 Å². The van der Waals surface area contributed by atoms with Crippen LogP contribution in [0.25, 0.3) is 0 Å². The lowest BCUT2D eigenvalue weighted by molar-refractivity contribution is 0.0264. The van der Waals surface area contributed by atoms with Crippen molar-refractivity contribution in [2.45, 2.75) is 37.2 Å². The van der Waals surface area contributed by atoms with Gasteiger partial charge in [-0.2, -0.15) is 0 Å². The predicted octanol–water partition coefficient (Wildman–Crippen LogP) is 1.93. The highest BCUT2D eigenvalue weighted by Crippen LogP contribution is 2.14. The van der Waals surface area contributed by atoms with Crippen LogP contribution in [0.5, 0.6) is 0 Å². The van der Waals surface area contributed by atoms with E-state index in [4.69, 9.17) is 4.74 Å². The lowest BCUT2D eigenvalue weighted by atomic mass is 10.1. The van der Waals surface area contributed by atoms with Crippen LogP contribution in [0, 0.1) is 0 Å². The molecule has 0 aliphatic carbocycles. The Bertz CT molecular complexity index is 639. The first-order chi connectivity index (χ1) is 12.1. The lowest BCUT2D eigenvalue weighted by Crippen LogP contribution is -2.47. The molecule has 7 heteroatoms. The van der Waals surface area contributed by atoms with Crippen LogP contribution in [0.2, 0.25) is 0 Å². The summed E-state index contributed by atoms with van der Waals surface area (Å²) in [7, 11) is -1.45. The molecule has 0 aromatic heterocycles. The summed E-state index contributed by atoms with van der Waals surface area (Å²) in [6.45, 7) is 5.19. The number of nitrogens with zero attached hydrogens (tertiary/aromatic N) is 2. The molecule has 0 bridgehead atoms. The molecule has 0 saturated carbocycles. The summed E-state index contributed by atoms with van der Waals surface area (Å²) < 4.78 is 30.2. The Morgan fingerprint density at radius 2 is 1.96 bits per heavy atom. The number of benzene rings is 1. The average Bonchev–Trinajstić information content (AvgIpc) is 2.64. The van der Waals surface area contributed by atoms with Gasteiger partial charge in [0, 0.05) is 33.3 Å². The van der Waals surface area contributed by atoms with E-state index < -0.39 is 9.84 Å². The van der Waals surface area contributed by atoms with Crippen LogP contribution in [0.3, 0.4) is 0 Å². The van der Waals surface area contributed by atoms with E-state index in [0.717, 1.165) is 38.5 Å². The third kappa shape index (κ3) is 6.01. The highest BCUT2D eigenvalue weighted by atomic mass is 32.2. The highest BCUT2D eigenvalue weighted by molar-refractivity contribution is 7.91. The summed E-state index contributed by atoms with van der Waals surface area (Å²) in [6, 6.07) is 8.60. The van der Waals surface area contributed by atoms with Gasteiger partial charge in [0.05, 0.1) is 16.8 Å². The molecule has 0 radical (unpaired) electrons. The molecule has 6 nitrogen and oxygen atoms in total. The first-order valence-corrected chi connectivity index (χ1v) is 10.6. The van der Waals surface area contributed by atoms with Crippen molar-refractivity contribution >= 4 is 15.8 Å². The van der Waals surface area contributed by atoms with Crippen molar-refractivity contribution in [2.24, 2.45) is 4.99 Å². The van der Waals surface area contributed by atoms with Gasteiger partial charge in [-0.05, 0) is 38.3 Å². The third-order valence-corrected chi connectivity index (χ3v) is 6.15. The topological polar surface area (TPSA) is 71.0 Å². The van der Waals surface area contributed by atoms with E-state index >= 15 is 0 Å². The fourth-order valence-electron chi connectivity index (χ4n) is 3.01. The monoisotopic (exact) mass is 367 g/mol. The van der Waals surface area contributed by atoms with Gasteiger partial charge in [0.2, 0.25) is 0 Å². The van der Waals surface area contributed by atoms with E-state index in [0.29, 0.717) is 24.0 Å². The molecule has 140 valence electrons. The Labute approximate surface area is 151 Å². The molecule has 2 rings (SSSR count). The minimum absolute atomic E-state index is 0.132. The normalized spacial score (nSPS) is 16.9. The van der Waals surface area contributed by atoms with Crippen molar-refractivity contribution in [2.75, 3.05) is 39.0 Å². The molecule has 1 N–H and O–H groups in total. The zero-order valence-electron chi connectivity index (χ0n) is 15.1. The Balaban J connectivity index is 1.75. The van der Waals surface area contributed by atoms with Gasteiger partial charge in [-0.3, -0.25) is 4.99 Å². The van der Waals surface area contributed by atoms with Gasteiger partial charge >= 0.3 is 0 Å². The lowest BCUT2D eigenvalue weighted by Gasteiger charge is -2.34. The van der Waals surface area contributed by atoms with Crippen LogP contribution in [0.1, 0.15) is 26.2 Å². The van der Waals surface area contributed by atoms with Gasteiger partial charge in [-0.15, -0.1) is 0 Å². The Morgan fingerprint density at radius 1 is 1.28 bits per heavy atom. The molecule has 0 amide bonds. The van der Waals surface area contributed by atoms with Crippen molar-refractivity contribution in [1.82, 2.24) is 10.2 Å². The van der Waals surface area contributed by atoms with E-state index in [1.165, 1.54) is 0 Å². The summed E-state index contributed by atoms with van der Waals surface area (Å²) in [5.74, 6) is 0.972. The Hall–Kier alpha value is -1.60. The van der Waals surface area contributed by atoms with Crippen LogP contribution in [0.15, 0.2) is 40.2 Å². The second kappa shape index (κ2) is 9.77. The second-order valence-corrected chi connectivity index (χ2v) is 8.21. The van der Waals surface area contributed by atoms with Gasteiger partial charge in [-0.1, -0.05) is 18.2 Å². The molecular formula is C18H29N3O3S. The van der Waals surface area contributed by atoms with Gasteiger partial charge in [0.15, 0.2) is 15.8 Å². The number of hydrogen-bond acceptors (Lipinski definition) is 4. The van der Waals surface area contributed by atoms with Crippen molar-refractivity contribution < 1.29 is 13.2 Å². The van der Waals surface area contributed by atoms with E-state index in [1.807, 2.05) is 13.0 Å². The highest BCUT2D eigenvalue weighted by Gasteiger charge is 2.21. The number of sulfone groups is 1. The van der Waals surface area contributed by atoms with Gasteiger partial charge in [-0.25, -0.2) is 8.42 Å². The number of ether oxygens (including phenoxy) is 1. The zero-order chi connectivity index (χ0) is 18.1. The summed E-state index contributed by atoms with van der Waals surface area (Å²) in [5.41, 5.74) is 0. The number of piperidine rings is 1. The Kier molecular flexibility index (Phi) is 7.71. The second-order valence-electron chi connectivity index (χ2n) is 6.10. The molecule has 1 heterocycles. The minimum atomic E-state index is -3.21. The number of rotatable bonds is 7. The van der Waals surface area contributed by atoms with Crippen LogP contribution in [0.4, 0.5) is 0 Å². The van der Waals surface area contributed by atoms with Gasteiger partial charge in [0.25, 0.3) is 0 Å². The molecule has 0 atom stereocenters. The summed E-state index contributed by atoms with van der Waals surface area (Å²) in [5, 5.41) is 3.28. The zero-order valence-corrected chi connectivity index (χ0v) is 16.0. The van der Waals surface area contributed by atoms with Crippen LogP contribution < -0.4 is 5.32 Å². The largest absolute Gasteiger partial charge is 0.378 e. The molecule has 0 spiro atoms. The molecule has 25 heavy (non-hydrogen) atoms. The first kappa shape index (κ1) is 19.7. The van der Waals surface area contributed by atoms with E-state index in [1.54, 1.807) is 31.3 Å². The minimum Gasteiger partial charge on any atom is -0.378 e. The summed E-state index contributed by atoms with van der Waals surface area (Å²) >= 11 is 0. The van der Waals surface area contributed by atoms with Gasteiger partial charge in [0.1, 0.15) is 0 Å². The van der Waals surface area contributed by atoms with Crippen LogP contribution in [-0.4, -0.2) is 64.4 Å². The quantitative estimate of drug-likeness (QED) is 0.453. The number of likely N-dealkylation sites (tertiary alicyclic amines) is 1. The Morgan fingerprint density at radius 3 is 2.56 bits per heavy atom. The molecule has 1 aromatic rings. The first-order valence-electron chi connectivity index (χ1n) is 8.92. The van der Waals surface area contributed by atoms with Crippen molar-refractivity contribution in [3.63, 3.8) is 0 Å². The number of guanidine groups is 1.